The average Bonchev–Trinajstić information content (AvgIpc) is 2.31. The highest BCUT2D eigenvalue weighted by atomic mass is 16.3. The third-order valence-electron chi connectivity index (χ3n) is 2.57. The molecule has 86 valence electrons. The van der Waals surface area contributed by atoms with E-state index in [0.717, 1.165) is 5.57 Å². The predicted molar refractivity (Wildman–Crippen MR) is 64.8 cm³/mol. The molecule has 1 aromatic carbocycles. The zero-order valence-electron chi connectivity index (χ0n) is 9.65. The lowest BCUT2D eigenvalue weighted by Crippen LogP contribution is -2.23. The van der Waals surface area contributed by atoms with Crippen LogP contribution in [0.1, 0.15) is 29.8 Å². The molecule has 0 bridgehead atoms. The number of hydrogen-bond acceptors (Lipinski definition) is 3. The van der Waals surface area contributed by atoms with E-state index in [1.54, 1.807) is 38.1 Å². The Bertz CT molecular complexity index is 573. The highest BCUT2D eigenvalue weighted by Gasteiger charge is 2.31. The second kappa shape index (κ2) is 4.01. The van der Waals surface area contributed by atoms with Crippen molar-refractivity contribution in [2.75, 3.05) is 0 Å². The number of ketones is 2. The molecule has 0 aliphatic heterocycles. The fraction of sp³-hybridized carbons (Fsp3) is 0.143. The minimum Gasteiger partial charge on any atom is -0.507 e. The summed E-state index contributed by atoms with van der Waals surface area (Å²) < 4.78 is 0. The van der Waals surface area contributed by atoms with Crippen molar-refractivity contribution in [3.63, 3.8) is 0 Å². The molecule has 1 N–H and O–H groups in total. The first-order valence-electron chi connectivity index (χ1n) is 5.29. The summed E-state index contributed by atoms with van der Waals surface area (Å²) in [6.45, 7) is 3.61. The third kappa shape index (κ3) is 1.80. The van der Waals surface area contributed by atoms with Gasteiger partial charge in [-0.1, -0.05) is 29.8 Å². The number of rotatable bonds is 1. The van der Waals surface area contributed by atoms with Crippen LogP contribution < -0.4 is 0 Å². The van der Waals surface area contributed by atoms with Gasteiger partial charge in [0.05, 0.1) is 5.57 Å². The second-order valence-electron chi connectivity index (χ2n) is 4.19. The van der Waals surface area contributed by atoms with Crippen molar-refractivity contribution in [3.8, 4) is 0 Å². The second-order valence-corrected chi connectivity index (χ2v) is 4.19. The summed E-state index contributed by atoms with van der Waals surface area (Å²) in [5.41, 5.74) is 1.62. The van der Waals surface area contributed by atoms with Crippen molar-refractivity contribution in [1.82, 2.24) is 0 Å². The van der Waals surface area contributed by atoms with E-state index in [1.165, 1.54) is 6.08 Å². The summed E-state index contributed by atoms with van der Waals surface area (Å²) in [5, 5.41) is 10.0. The van der Waals surface area contributed by atoms with Crippen molar-refractivity contribution >= 4 is 17.3 Å². The van der Waals surface area contributed by atoms with Crippen LogP contribution in [0.5, 0.6) is 0 Å². The number of Topliss-reactive ketones (excluding diaryl/α,β-unsaturated/α-hetero) is 2. The largest absolute Gasteiger partial charge is 0.507 e. The molecule has 17 heavy (non-hydrogen) atoms. The van der Waals surface area contributed by atoms with Crippen molar-refractivity contribution < 1.29 is 14.7 Å². The lowest BCUT2D eigenvalue weighted by molar-refractivity contribution is -0.111. The highest BCUT2D eigenvalue weighted by Crippen LogP contribution is 2.28. The molecule has 0 radical (unpaired) electrons. The van der Waals surface area contributed by atoms with E-state index in [4.69, 9.17) is 0 Å². The van der Waals surface area contributed by atoms with Gasteiger partial charge in [-0.3, -0.25) is 9.59 Å². The Morgan fingerprint density at radius 2 is 1.65 bits per heavy atom. The first-order valence-corrected chi connectivity index (χ1v) is 5.29. The molecule has 0 saturated carbocycles. The fourth-order valence-corrected chi connectivity index (χ4v) is 1.81. The van der Waals surface area contributed by atoms with Gasteiger partial charge in [0.25, 0.3) is 0 Å². The Hall–Kier alpha value is -2.16. The molecule has 1 aromatic rings. The van der Waals surface area contributed by atoms with Crippen LogP contribution in [-0.4, -0.2) is 16.7 Å². The zero-order valence-corrected chi connectivity index (χ0v) is 9.65. The van der Waals surface area contributed by atoms with Crippen molar-refractivity contribution in [1.29, 1.82) is 0 Å². The first kappa shape index (κ1) is 11.3. The number of fused-ring (bicyclic) bond motifs is 1. The first-order chi connectivity index (χ1) is 8.02. The molecule has 0 saturated heterocycles. The smallest absolute Gasteiger partial charge is 0.237 e. The summed E-state index contributed by atoms with van der Waals surface area (Å²) in [6.07, 6.45) is 1.53. The van der Waals surface area contributed by atoms with Crippen LogP contribution >= 0.6 is 0 Å². The maximum atomic E-state index is 11.8. The van der Waals surface area contributed by atoms with Gasteiger partial charge in [0, 0.05) is 11.1 Å². The van der Waals surface area contributed by atoms with Gasteiger partial charge in [0.1, 0.15) is 5.76 Å². The summed E-state index contributed by atoms with van der Waals surface area (Å²) in [7, 11) is 0. The Labute approximate surface area is 99.1 Å². The van der Waals surface area contributed by atoms with Crippen LogP contribution in [0.15, 0.2) is 41.5 Å². The molecule has 1 aliphatic rings. The maximum Gasteiger partial charge on any atom is 0.237 e. The van der Waals surface area contributed by atoms with Crippen LogP contribution in [0.3, 0.4) is 0 Å². The van der Waals surface area contributed by atoms with Crippen LogP contribution in [-0.2, 0) is 4.79 Å². The van der Waals surface area contributed by atoms with E-state index < -0.39 is 11.6 Å². The highest BCUT2D eigenvalue weighted by molar-refractivity contribution is 6.52. The maximum absolute atomic E-state index is 11.8. The summed E-state index contributed by atoms with van der Waals surface area (Å²) in [5.74, 6) is -1.33. The van der Waals surface area contributed by atoms with Gasteiger partial charge in [-0.05, 0) is 19.9 Å². The van der Waals surface area contributed by atoms with E-state index in [2.05, 4.69) is 0 Å². The van der Waals surface area contributed by atoms with Gasteiger partial charge < -0.3 is 5.11 Å². The Morgan fingerprint density at radius 1 is 1.06 bits per heavy atom. The van der Waals surface area contributed by atoms with Gasteiger partial charge >= 0.3 is 0 Å². The van der Waals surface area contributed by atoms with Gasteiger partial charge in [-0.25, -0.2) is 0 Å². The topological polar surface area (TPSA) is 54.4 Å². The van der Waals surface area contributed by atoms with Crippen LogP contribution in [0.4, 0.5) is 0 Å². The fourth-order valence-electron chi connectivity index (χ4n) is 1.81. The van der Waals surface area contributed by atoms with Crippen molar-refractivity contribution in [2.45, 2.75) is 13.8 Å². The SMILES string of the molecule is CC(C)=CC1=C(O)c2ccccc2C(=O)C1=O. The number of carbonyl (C=O) groups excluding carboxylic acids is 2. The molecule has 1 aliphatic carbocycles. The number of carbonyl (C=O) groups is 2. The van der Waals surface area contributed by atoms with E-state index in [0.29, 0.717) is 5.56 Å². The standard InChI is InChI=1S/C14H12O3/c1-8(2)7-11-12(15)9-5-3-4-6-10(9)13(16)14(11)17/h3-7,15H,1-2H3. The van der Waals surface area contributed by atoms with Gasteiger partial charge in [0.15, 0.2) is 0 Å². The Kier molecular flexibility index (Phi) is 2.68. The molecule has 0 atom stereocenters. The van der Waals surface area contributed by atoms with Crippen molar-refractivity contribution in [2.24, 2.45) is 0 Å². The zero-order chi connectivity index (χ0) is 12.6. The van der Waals surface area contributed by atoms with Gasteiger partial charge in [-0.2, -0.15) is 0 Å². The Morgan fingerprint density at radius 3 is 2.24 bits per heavy atom. The number of hydrogen-bond donors (Lipinski definition) is 1. The van der Waals surface area contributed by atoms with Crippen LogP contribution in [0, 0.1) is 0 Å². The molecule has 0 aromatic heterocycles. The van der Waals surface area contributed by atoms with Crippen LogP contribution in [0.2, 0.25) is 0 Å². The van der Waals surface area contributed by atoms with E-state index in [1.807, 2.05) is 0 Å². The van der Waals surface area contributed by atoms with E-state index in [9.17, 15) is 14.7 Å². The lowest BCUT2D eigenvalue weighted by atomic mass is 9.88. The lowest BCUT2D eigenvalue weighted by Gasteiger charge is -2.15. The molecular formula is C14H12O3. The minimum absolute atomic E-state index is 0.0775. The van der Waals surface area contributed by atoms with E-state index in [-0.39, 0.29) is 16.9 Å². The summed E-state index contributed by atoms with van der Waals surface area (Å²) in [6, 6.07) is 6.57. The number of aliphatic hydroxyl groups excluding tert-OH is 1. The number of aliphatic hydroxyl groups is 1. The molecule has 0 fully saturated rings. The predicted octanol–water partition coefficient (Wildman–Crippen LogP) is 2.69. The van der Waals surface area contributed by atoms with Crippen molar-refractivity contribution in [3.05, 3.63) is 52.6 Å². The molecule has 0 unspecified atom stereocenters. The summed E-state index contributed by atoms with van der Waals surface area (Å²) in [4.78, 5) is 23.7. The van der Waals surface area contributed by atoms with Gasteiger partial charge in [0.2, 0.25) is 11.6 Å². The van der Waals surface area contributed by atoms with E-state index >= 15 is 0 Å². The average molecular weight is 228 g/mol. The molecule has 0 amide bonds. The third-order valence-corrected chi connectivity index (χ3v) is 2.57. The molecule has 3 heteroatoms. The monoisotopic (exact) mass is 228 g/mol. The Balaban J connectivity index is 2.73. The molecule has 0 heterocycles. The number of allylic oxidation sites excluding steroid dienone is 3. The molecule has 3 nitrogen and oxygen atoms in total. The van der Waals surface area contributed by atoms with Gasteiger partial charge in [-0.15, -0.1) is 0 Å². The minimum atomic E-state index is -0.651. The normalized spacial score (nSPS) is 14.7. The molecular weight excluding hydrogens is 216 g/mol. The van der Waals surface area contributed by atoms with Crippen LogP contribution in [0.25, 0.3) is 5.76 Å². The molecule has 0 spiro atoms. The molecule has 2 rings (SSSR count). The quantitative estimate of drug-likeness (QED) is 0.752. The summed E-state index contributed by atoms with van der Waals surface area (Å²) >= 11 is 0. The number of benzene rings is 1.